The molecule has 0 atom stereocenters. The van der Waals surface area contributed by atoms with Crippen LogP contribution in [-0.2, 0) is 6.61 Å². The van der Waals surface area contributed by atoms with Gasteiger partial charge in [0.1, 0.15) is 29.6 Å². The zero-order valence-electron chi connectivity index (χ0n) is 9.36. The van der Waals surface area contributed by atoms with Crippen LogP contribution in [0.4, 0.5) is 10.1 Å². The minimum atomic E-state index is -0.498. The number of phenols is 1. The molecule has 0 aliphatic heterocycles. The van der Waals surface area contributed by atoms with Crippen molar-refractivity contribution in [2.75, 3.05) is 5.73 Å². The highest BCUT2D eigenvalue weighted by molar-refractivity contribution is 6.30. The van der Waals surface area contributed by atoms with Gasteiger partial charge in [0, 0.05) is 0 Å². The lowest BCUT2D eigenvalue weighted by Crippen LogP contribution is -1.99. The number of hydrogen-bond donors (Lipinski definition) is 2. The van der Waals surface area contributed by atoms with E-state index in [9.17, 15) is 9.50 Å². The lowest BCUT2D eigenvalue weighted by molar-refractivity contribution is 0.306. The Labute approximate surface area is 109 Å². The minimum absolute atomic E-state index is 0.0465. The summed E-state index contributed by atoms with van der Waals surface area (Å²) in [6.45, 7) is 0.141. The third-order valence-electron chi connectivity index (χ3n) is 2.42. The third kappa shape index (κ3) is 2.65. The van der Waals surface area contributed by atoms with Gasteiger partial charge in [0.05, 0.1) is 5.02 Å². The highest BCUT2D eigenvalue weighted by Gasteiger charge is 2.06. The molecule has 0 aliphatic carbocycles. The number of nitrogen functional groups attached to an aromatic ring is 1. The average Bonchev–Trinajstić information content (AvgIpc) is 2.35. The van der Waals surface area contributed by atoms with Crippen molar-refractivity contribution in [2.45, 2.75) is 6.61 Å². The van der Waals surface area contributed by atoms with Gasteiger partial charge in [-0.1, -0.05) is 23.7 Å². The second kappa shape index (κ2) is 5.14. The van der Waals surface area contributed by atoms with Crippen molar-refractivity contribution in [1.82, 2.24) is 0 Å². The summed E-state index contributed by atoms with van der Waals surface area (Å²) in [6, 6.07) is 9.11. The summed E-state index contributed by atoms with van der Waals surface area (Å²) in [5.41, 5.74) is 6.41. The first-order valence-corrected chi connectivity index (χ1v) is 5.60. The summed E-state index contributed by atoms with van der Waals surface area (Å²) in [4.78, 5) is 0. The Kier molecular flexibility index (Phi) is 3.58. The molecule has 2 rings (SSSR count). The number of anilines is 1. The standard InChI is InChI=1S/C13H11ClFNO2/c14-9-5-4-8(6-10(9)15)7-18-12-3-1-2-11(17)13(12)16/h1-6,17H,7,16H2. The van der Waals surface area contributed by atoms with E-state index in [0.717, 1.165) is 0 Å². The number of aromatic hydroxyl groups is 1. The van der Waals surface area contributed by atoms with Crippen molar-refractivity contribution < 1.29 is 14.2 Å². The summed E-state index contributed by atoms with van der Waals surface area (Å²) < 4.78 is 18.6. The largest absolute Gasteiger partial charge is 0.506 e. The average molecular weight is 268 g/mol. The van der Waals surface area contributed by atoms with Gasteiger partial charge in [-0.3, -0.25) is 0 Å². The molecule has 0 saturated heterocycles. The van der Waals surface area contributed by atoms with Crippen molar-refractivity contribution in [3.05, 3.63) is 52.8 Å². The SMILES string of the molecule is Nc1c(O)cccc1OCc1ccc(Cl)c(F)c1. The number of benzene rings is 2. The van der Waals surface area contributed by atoms with Crippen LogP contribution >= 0.6 is 11.6 Å². The minimum Gasteiger partial charge on any atom is -0.506 e. The molecular weight excluding hydrogens is 257 g/mol. The van der Waals surface area contributed by atoms with Crippen LogP contribution in [0.15, 0.2) is 36.4 Å². The highest BCUT2D eigenvalue weighted by atomic mass is 35.5. The van der Waals surface area contributed by atoms with Gasteiger partial charge in [-0.15, -0.1) is 0 Å². The normalized spacial score (nSPS) is 10.3. The number of ether oxygens (including phenoxy) is 1. The third-order valence-corrected chi connectivity index (χ3v) is 2.73. The van der Waals surface area contributed by atoms with E-state index >= 15 is 0 Å². The molecule has 0 fully saturated rings. The maximum Gasteiger partial charge on any atom is 0.146 e. The van der Waals surface area contributed by atoms with Crippen molar-refractivity contribution >= 4 is 17.3 Å². The van der Waals surface area contributed by atoms with Crippen LogP contribution in [0.2, 0.25) is 5.02 Å². The van der Waals surface area contributed by atoms with E-state index in [4.69, 9.17) is 22.1 Å². The number of rotatable bonds is 3. The first-order chi connectivity index (χ1) is 8.58. The van der Waals surface area contributed by atoms with Gasteiger partial charge in [-0.2, -0.15) is 0 Å². The Morgan fingerprint density at radius 3 is 2.78 bits per heavy atom. The van der Waals surface area contributed by atoms with E-state index in [0.29, 0.717) is 11.3 Å². The summed E-state index contributed by atoms with van der Waals surface area (Å²) in [5, 5.41) is 9.46. The van der Waals surface area contributed by atoms with Gasteiger partial charge in [-0.25, -0.2) is 4.39 Å². The Hall–Kier alpha value is -1.94. The van der Waals surface area contributed by atoms with Gasteiger partial charge in [0.15, 0.2) is 0 Å². The Bertz CT molecular complexity index is 575. The van der Waals surface area contributed by atoms with Gasteiger partial charge < -0.3 is 15.6 Å². The summed E-state index contributed by atoms with van der Waals surface area (Å²) in [7, 11) is 0. The van der Waals surface area contributed by atoms with Crippen LogP contribution in [0.25, 0.3) is 0 Å². The number of hydrogen-bond acceptors (Lipinski definition) is 3. The first kappa shape index (κ1) is 12.5. The molecule has 0 radical (unpaired) electrons. The smallest absolute Gasteiger partial charge is 0.146 e. The van der Waals surface area contributed by atoms with Crippen LogP contribution in [0.1, 0.15) is 5.56 Å². The molecule has 18 heavy (non-hydrogen) atoms. The fourth-order valence-corrected chi connectivity index (χ4v) is 1.57. The van der Waals surface area contributed by atoms with E-state index in [1.165, 1.54) is 18.2 Å². The van der Waals surface area contributed by atoms with Gasteiger partial charge in [0.2, 0.25) is 0 Å². The monoisotopic (exact) mass is 267 g/mol. The van der Waals surface area contributed by atoms with E-state index in [1.54, 1.807) is 18.2 Å². The molecule has 0 aromatic heterocycles. The second-order valence-corrected chi connectivity index (χ2v) is 4.13. The quantitative estimate of drug-likeness (QED) is 0.662. The molecule has 0 saturated carbocycles. The molecule has 5 heteroatoms. The molecule has 3 nitrogen and oxygen atoms in total. The number of halogens is 2. The fraction of sp³-hybridized carbons (Fsp3) is 0.0769. The number of nitrogens with two attached hydrogens (primary N) is 1. The summed E-state index contributed by atoms with van der Waals surface area (Å²) >= 11 is 5.57. The molecule has 94 valence electrons. The Morgan fingerprint density at radius 1 is 1.28 bits per heavy atom. The molecular formula is C13H11ClFNO2. The van der Waals surface area contributed by atoms with Crippen molar-refractivity contribution in [1.29, 1.82) is 0 Å². The van der Waals surface area contributed by atoms with Crippen molar-refractivity contribution in [2.24, 2.45) is 0 Å². The molecule has 2 aromatic rings. The van der Waals surface area contributed by atoms with Crippen LogP contribution in [-0.4, -0.2) is 5.11 Å². The Balaban J connectivity index is 2.11. The number of para-hydroxylation sites is 1. The first-order valence-electron chi connectivity index (χ1n) is 5.22. The second-order valence-electron chi connectivity index (χ2n) is 3.73. The molecule has 0 spiro atoms. The molecule has 0 amide bonds. The zero-order chi connectivity index (χ0) is 13.1. The van der Waals surface area contributed by atoms with Crippen LogP contribution < -0.4 is 10.5 Å². The topological polar surface area (TPSA) is 55.5 Å². The van der Waals surface area contributed by atoms with E-state index in [-0.39, 0.29) is 23.1 Å². The van der Waals surface area contributed by atoms with Crippen LogP contribution in [0.3, 0.4) is 0 Å². The van der Waals surface area contributed by atoms with Crippen molar-refractivity contribution in [3.8, 4) is 11.5 Å². The summed E-state index contributed by atoms with van der Waals surface area (Å²) in [6.07, 6.45) is 0. The molecule has 0 heterocycles. The molecule has 2 aromatic carbocycles. The lowest BCUT2D eigenvalue weighted by Gasteiger charge is -2.10. The zero-order valence-corrected chi connectivity index (χ0v) is 10.1. The highest BCUT2D eigenvalue weighted by Crippen LogP contribution is 2.30. The van der Waals surface area contributed by atoms with Crippen LogP contribution in [0, 0.1) is 5.82 Å². The Morgan fingerprint density at radius 2 is 2.06 bits per heavy atom. The summed E-state index contributed by atoms with van der Waals surface area (Å²) in [5.74, 6) is -0.193. The van der Waals surface area contributed by atoms with Gasteiger partial charge in [0.25, 0.3) is 0 Å². The predicted octanol–water partition coefficient (Wildman–Crippen LogP) is 3.35. The molecule has 0 aliphatic rings. The molecule has 0 bridgehead atoms. The van der Waals surface area contributed by atoms with E-state index in [2.05, 4.69) is 0 Å². The van der Waals surface area contributed by atoms with E-state index in [1.807, 2.05) is 0 Å². The van der Waals surface area contributed by atoms with Gasteiger partial charge >= 0.3 is 0 Å². The number of phenolic OH excluding ortho intramolecular Hbond substituents is 1. The lowest BCUT2D eigenvalue weighted by atomic mass is 10.2. The molecule has 3 N–H and O–H groups in total. The predicted molar refractivity (Wildman–Crippen MR) is 68.3 cm³/mol. The van der Waals surface area contributed by atoms with Gasteiger partial charge in [-0.05, 0) is 29.8 Å². The maximum absolute atomic E-state index is 13.2. The van der Waals surface area contributed by atoms with Crippen molar-refractivity contribution in [3.63, 3.8) is 0 Å². The fourth-order valence-electron chi connectivity index (χ4n) is 1.45. The van der Waals surface area contributed by atoms with E-state index < -0.39 is 5.82 Å². The maximum atomic E-state index is 13.2. The molecule has 0 unspecified atom stereocenters. The van der Waals surface area contributed by atoms with Crippen LogP contribution in [0.5, 0.6) is 11.5 Å².